The highest BCUT2D eigenvalue weighted by molar-refractivity contribution is 7.18. The lowest BCUT2D eigenvalue weighted by Gasteiger charge is -2.26. The van der Waals surface area contributed by atoms with E-state index in [0.29, 0.717) is 31.4 Å². The van der Waals surface area contributed by atoms with Crippen molar-refractivity contribution in [1.29, 1.82) is 0 Å². The molecule has 2 N–H and O–H groups in total. The number of aromatic amines is 1. The van der Waals surface area contributed by atoms with Crippen LogP contribution >= 0.6 is 11.3 Å². The first kappa shape index (κ1) is 22.1. The molecule has 3 aromatic rings. The van der Waals surface area contributed by atoms with Crippen molar-refractivity contribution in [3.8, 4) is 0 Å². The average molecular weight is 442 g/mol. The molecular formula is C24H31N3O3S. The number of hydrogen-bond donors (Lipinski definition) is 2. The molecule has 0 radical (unpaired) electrons. The predicted molar refractivity (Wildman–Crippen MR) is 124 cm³/mol. The molecule has 0 spiro atoms. The third-order valence-electron chi connectivity index (χ3n) is 5.51. The van der Waals surface area contributed by atoms with Gasteiger partial charge in [0.25, 0.3) is 5.56 Å². The zero-order valence-electron chi connectivity index (χ0n) is 18.3. The second-order valence-corrected chi connectivity index (χ2v) is 9.88. The lowest BCUT2D eigenvalue weighted by Crippen LogP contribution is -2.37. The van der Waals surface area contributed by atoms with Crippen LogP contribution in [0.15, 0.2) is 35.1 Å². The number of aliphatic hydroxyl groups excluding tert-OH is 1. The quantitative estimate of drug-likeness (QED) is 0.503. The van der Waals surface area contributed by atoms with Crippen LogP contribution in [0.4, 0.5) is 0 Å². The Morgan fingerprint density at radius 2 is 2.03 bits per heavy atom. The second kappa shape index (κ2) is 10.0. The molecule has 0 bridgehead atoms. The smallest absolute Gasteiger partial charge is 0.259 e. The predicted octanol–water partition coefficient (Wildman–Crippen LogP) is 3.51. The first-order valence-corrected chi connectivity index (χ1v) is 11.9. The molecule has 0 amide bonds. The number of hydrogen-bond acceptors (Lipinski definition) is 6. The molecule has 1 aromatic carbocycles. The van der Waals surface area contributed by atoms with E-state index in [1.807, 2.05) is 30.3 Å². The summed E-state index contributed by atoms with van der Waals surface area (Å²) in [5.74, 6) is 1.09. The molecule has 166 valence electrons. The van der Waals surface area contributed by atoms with E-state index in [-0.39, 0.29) is 12.2 Å². The van der Waals surface area contributed by atoms with Crippen molar-refractivity contribution >= 4 is 21.6 Å². The van der Waals surface area contributed by atoms with Gasteiger partial charge in [0.05, 0.1) is 31.2 Å². The molecule has 31 heavy (non-hydrogen) atoms. The molecule has 0 saturated heterocycles. The molecular weight excluding hydrogens is 410 g/mol. The summed E-state index contributed by atoms with van der Waals surface area (Å²) < 4.78 is 5.70. The summed E-state index contributed by atoms with van der Waals surface area (Å²) in [5.41, 5.74) is 2.26. The lowest BCUT2D eigenvalue weighted by molar-refractivity contribution is 0.00639. The Hall–Kier alpha value is -2.06. The van der Waals surface area contributed by atoms with Crippen molar-refractivity contribution in [2.45, 2.75) is 52.4 Å². The van der Waals surface area contributed by atoms with Gasteiger partial charge in [-0.3, -0.25) is 9.69 Å². The fraction of sp³-hybridized carbons (Fsp3) is 0.500. The number of nitrogens with one attached hydrogen (secondary N) is 1. The molecule has 1 aliphatic carbocycles. The van der Waals surface area contributed by atoms with Crippen molar-refractivity contribution in [3.05, 3.63) is 62.5 Å². The highest BCUT2D eigenvalue weighted by Gasteiger charge is 2.22. The Morgan fingerprint density at radius 3 is 2.81 bits per heavy atom. The van der Waals surface area contributed by atoms with E-state index in [2.05, 4.69) is 23.7 Å². The van der Waals surface area contributed by atoms with Gasteiger partial charge in [0.2, 0.25) is 0 Å². The van der Waals surface area contributed by atoms with Crippen LogP contribution in [-0.4, -0.2) is 45.8 Å². The van der Waals surface area contributed by atoms with Gasteiger partial charge in [0.15, 0.2) is 0 Å². The highest BCUT2D eigenvalue weighted by atomic mass is 32.1. The number of aryl methyl sites for hydroxylation is 2. The average Bonchev–Trinajstić information content (AvgIpc) is 3.29. The fourth-order valence-corrected chi connectivity index (χ4v) is 5.57. The summed E-state index contributed by atoms with van der Waals surface area (Å²) in [4.78, 5) is 24.8. The van der Waals surface area contributed by atoms with E-state index in [9.17, 15) is 9.90 Å². The molecule has 0 aliphatic heterocycles. The maximum absolute atomic E-state index is 12.7. The Balaban J connectivity index is 1.40. The first-order valence-electron chi connectivity index (χ1n) is 11.0. The monoisotopic (exact) mass is 441 g/mol. The summed E-state index contributed by atoms with van der Waals surface area (Å²) in [7, 11) is 0. The van der Waals surface area contributed by atoms with Crippen LogP contribution in [0.1, 0.15) is 42.1 Å². The number of rotatable bonds is 10. The van der Waals surface area contributed by atoms with Crippen LogP contribution in [0.2, 0.25) is 0 Å². The summed E-state index contributed by atoms with van der Waals surface area (Å²) >= 11 is 1.66. The third kappa shape index (κ3) is 5.60. The van der Waals surface area contributed by atoms with Crippen LogP contribution in [0.25, 0.3) is 10.2 Å². The Kier molecular flexibility index (Phi) is 7.17. The molecule has 0 unspecified atom stereocenters. The van der Waals surface area contributed by atoms with E-state index in [1.54, 1.807) is 11.3 Å². The minimum Gasteiger partial charge on any atom is -0.389 e. The largest absolute Gasteiger partial charge is 0.389 e. The Labute approximate surface area is 186 Å². The highest BCUT2D eigenvalue weighted by Crippen LogP contribution is 2.34. The molecule has 0 fully saturated rings. The van der Waals surface area contributed by atoms with Gasteiger partial charge in [-0.2, -0.15) is 0 Å². The molecule has 2 aromatic heterocycles. The molecule has 7 heteroatoms. The van der Waals surface area contributed by atoms with Gasteiger partial charge in [0.1, 0.15) is 10.7 Å². The first-order chi connectivity index (χ1) is 15.0. The number of nitrogens with zero attached hydrogens (tertiary/aromatic N) is 2. The third-order valence-corrected chi connectivity index (χ3v) is 6.70. The summed E-state index contributed by atoms with van der Waals surface area (Å²) in [5, 5.41) is 11.3. The van der Waals surface area contributed by atoms with E-state index in [0.717, 1.165) is 41.6 Å². The van der Waals surface area contributed by atoms with Gasteiger partial charge >= 0.3 is 0 Å². The molecule has 0 saturated carbocycles. The van der Waals surface area contributed by atoms with Crippen LogP contribution in [0, 0.1) is 5.92 Å². The van der Waals surface area contributed by atoms with Crippen molar-refractivity contribution in [2.75, 3.05) is 19.7 Å². The SMILES string of the molecule is CC(C)CN(Cc1nc2sc3c(c2c(=O)[nH]1)CCC3)C[C@@H](O)COCc1ccccc1. The zero-order chi connectivity index (χ0) is 21.8. The summed E-state index contributed by atoms with van der Waals surface area (Å²) in [6.45, 7) is 6.82. The minimum absolute atomic E-state index is 0.0318. The van der Waals surface area contributed by atoms with Gasteiger partial charge in [-0.1, -0.05) is 44.2 Å². The maximum Gasteiger partial charge on any atom is 0.259 e. The maximum atomic E-state index is 12.7. The van der Waals surface area contributed by atoms with E-state index in [1.165, 1.54) is 10.4 Å². The van der Waals surface area contributed by atoms with E-state index in [4.69, 9.17) is 9.72 Å². The number of aliphatic hydroxyl groups is 1. The Morgan fingerprint density at radius 1 is 1.23 bits per heavy atom. The van der Waals surface area contributed by atoms with E-state index >= 15 is 0 Å². The van der Waals surface area contributed by atoms with Gasteiger partial charge < -0.3 is 14.8 Å². The van der Waals surface area contributed by atoms with Gasteiger partial charge in [0, 0.05) is 18.0 Å². The van der Waals surface area contributed by atoms with Crippen molar-refractivity contribution in [2.24, 2.45) is 5.92 Å². The molecule has 6 nitrogen and oxygen atoms in total. The number of aromatic nitrogens is 2. The lowest BCUT2D eigenvalue weighted by atomic mass is 10.2. The normalized spacial score (nSPS) is 14.6. The number of H-pyrrole nitrogens is 1. The number of fused-ring (bicyclic) bond motifs is 3. The summed E-state index contributed by atoms with van der Waals surface area (Å²) in [6.07, 6.45) is 2.56. The minimum atomic E-state index is -0.608. The number of benzene rings is 1. The van der Waals surface area contributed by atoms with Gasteiger partial charge in [-0.25, -0.2) is 4.98 Å². The molecule has 1 atom stereocenters. The van der Waals surface area contributed by atoms with Gasteiger partial charge in [-0.05, 0) is 36.3 Å². The second-order valence-electron chi connectivity index (χ2n) is 8.79. The van der Waals surface area contributed by atoms with Crippen molar-refractivity contribution in [3.63, 3.8) is 0 Å². The van der Waals surface area contributed by atoms with Crippen molar-refractivity contribution in [1.82, 2.24) is 14.9 Å². The van der Waals surface area contributed by atoms with Crippen LogP contribution in [0.5, 0.6) is 0 Å². The van der Waals surface area contributed by atoms with Crippen molar-refractivity contribution < 1.29 is 9.84 Å². The molecule has 1 aliphatic rings. The Bertz CT molecular complexity index is 1060. The zero-order valence-corrected chi connectivity index (χ0v) is 19.1. The molecule has 4 rings (SSSR count). The summed E-state index contributed by atoms with van der Waals surface area (Å²) in [6, 6.07) is 9.95. The standard InChI is InChI=1S/C24H31N3O3S/c1-16(2)11-27(12-18(28)15-30-14-17-7-4-3-5-8-17)13-21-25-23(29)22-19-9-6-10-20(19)31-24(22)26-21/h3-5,7-8,16,18,28H,6,9-15H2,1-2H3,(H,25,26,29)/t18-/m1/s1. The van der Waals surface area contributed by atoms with Crippen LogP contribution < -0.4 is 5.56 Å². The van der Waals surface area contributed by atoms with Crippen LogP contribution in [-0.2, 0) is 30.7 Å². The van der Waals surface area contributed by atoms with Gasteiger partial charge in [-0.15, -0.1) is 11.3 Å². The number of thiophene rings is 1. The number of ether oxygens (including phenoxy) is 1. The van der Waals surface area contributed by atoms with E-state index < -0.39 is 6.10 Å². The van der Waals surface area contributed by atoms with Crippen LogP contribution in [0.3, 0.4) is 0 Å². The topological polar surface area (TPSA) is 78.5 Å². The molecule has 2 heterocycles. The fourth-order valence-electron chi connectivity index (χ4n) is 4.29.